The topological polar surface area (TPSA) is 40.2 Å². The molecule has 3 heterocycles. The number of rotatable bonds is 1. The molecule has 0 aromatic rings. The number of alkyl halides is 1. The summed E-state index contributed by atoms with van der Waals surface area (Å²) in [6.07, 6.45) is 8.66. The minimum absolute atomic E-state index is 0.286. The minimum atomic E-state index is 0.286. The standard InChI is InChI=1S/C20H30ClNO4/c21-8-22-4-3-11-6-16-17(25-9-24-16)7-13(11)14-5-12-1-2-15-20(26-10-23-15)18(12)19(14)22/h11-20H,1-10H2. The summed E-state index contributed by atoms with van der Waals surface area (Å²) in [5.41, 5.74) is 0. The lowest BCUT2D eigenvalue weighted by Gasteiger charge is -2.42. The van der Waals surface area contributed by atoms with Crippen molar-refractivity contribution in [3.63, 3.8) is 0 Å². The number of ether oxygens (including phenoxy) is 4. The summed E-state index contributed by atoms with van der Waals surface area (Å²) in [7, 11) is 0. The molecule has 3 aliphatic carbocycles. The lowest BCUT2D eigenvalue weighted by Crippen LogP contribution is -2.51. The molecule has 0 amide bonds. The Balaban J connectivity index is 1.33. The highest BCUT2D eigenvalue weighted by Gasteiger charge is 2.59. The van der Waals surface area contributed by atoms with E-state index in [9.17, 15) is 0 Å². The second-order valence-corrected chi connectivity index (χ2v) is 9.64. The molecule has 0 aromatic heterocycles. The van der Waals surface area contributed by atoms with Crippen LogP contribution in [-0.4, -0.2) is 61.5 Å². The molecule has 146 valence electrons. The van der Waals surface area contributed by atoms with Gasteiger partial charge in [-0.2, -0.15) is 0 Å². The predicted octanol–water partition coefficient (Wildman–Crippen LogP) is 2.81. The Hall–Kier alpha value is 0.0900. The minimum Gasteiger partial charge on any atom is -0.349 e. The number of hydrogen-bond donors (Lipinski definition) is 0. The highest BCUT2D eigenvalue weighted by Crippen LogP contribution is 2.57. The third kappa shape index (κ3) is 2.47. The average Bonchev–Trinajstić information content (AvgIpc) is 3.36. The molecule has 3 saturated carbocycles. The molecule has 6 heteroatoms. The fraction of sp³-hybridized carbons (Fsp3) is 1.00. The Morgan fingerprint density at radius 1 is 0.769 bits per heavy atom. The first-order valence-corrected chi connectivity index (χ1v) is 11.1. The van der Waals surface area contributed by atoms with Gasteiger partial charge >= 0.3 is 0 Å². The molecule has 0 bridgehead atoms. The summed E-state index contributed by atoms with van der Waals surface area (Å²) >= 11 is 6.49. The molecule has 6 rings (SSSR count). The quantitative estimate of drug-likeness (QED) is 0.514. The Bertz CT molecular complexity index is 550. The lowest BCUT2D eigenvalue weighted by molar-refractivity contribution is -0.0190. The molecule has 3 aliphatic heterocycles. The zero-order chi connectivity index (χ0) is 17.3. The molecule has 0 N–H and O–H groups in total. The maximum Gasteiger partial charge on any atom is 0.147 e. The van der Waals surface area contributed by atoms with Crippen molar-refractivity contribution >= 4 is 11.6 Å². The largest absolute Gasteiger partial charge is 0.349 e. The van der Waals surface area contributed by atoms with Gasteiger partial charge in [0.25, 0.3) is 0 Å². The van der Waals surface area contributed by atoms with Crippen LogP contribution in [0.25, 0.3) is 0 Å². The number of halogens is 1. The van der Waals surface area contributed by atoms with Crippen molar-refractivity contribution in [3.05, 3.63) is 0 Å². The number of hydrogen-bond acceptors (Lipinski definition) is 5. The molecular formula is C20H30ClNO4. The molecule has 6 aliphatic rings. The van der Waals surface area contributed by atoms with E-state index in [0.717, 1.165) is 30.2 Å². The van der Waals surface area contributed by atoms with Crippen molar-refractivity contribution in [3.8, 4) is 0 Å². The van der Waals surface area contributed by atoms with E-state index in [1.54, 1.807) is 0 Å². The Kier molecular flexibility index (Phi) is 4.29. The zero-order valence-corrected chi connectivity index (χ0v) is 16.1. The van der Waals surface area contributed by atoms with Gasteiger partial charge in [0.15, 0.2) is 0 Å². The fourth-order valence-corrected chi connectivity index (χ4v) is 7.88. The van der Waals surface area contributed by atoms with E-state index < -0.39 is 0 Å². The number of fused-ring (bicyclic) bond motifs is 8. The van der Waals surface area contributed by atoms with Gasteiger partial charge in [0.1, 0.15) is 13.6 Å². The molecule has 6 fully saturated rings. The first kappa shape index (κ1) is 17.0. The van der Waals surface area contributed by atoms with Crippen molar-refractivity contribution in [2.24, 2.45) is 29.6 Å². The van der Waals surface area contributed by atoms with Gasteiger partial charge in [-0.15, -0.1) is 11.6 Å². The van der Waals surface area contributed by atoms with Gasteiger partial charge in [-0.05, 0) is 68.7 Å². The predicted molar refractivity (Wildman–Crippen MR) is 95.6 cm³/mol. The maximum atomic E-state index is 6.49. The molecule has 0 spiro atoms. The summed E-state index contributed by atoms with van der Waals surface area (Å²) in [5, 5.41) is 0. The van der Waals surface area contributed by atoms with Gasteiger partial charge in [-0.25, -0.2) is 0 Å². The van der Waals surface area contributed by atoms with E-state index in [4.69, 9.17) is 30.5 Å². The molecule has 26 heavy (non-hydrogen) atoms. The van der Waals surface area contributed by atoms with Crippen LogP contribution >= 0.6 is 11.6 Å². The smallest absolute Gasteiger partial charge is 0.147 e. The summed E-state index contributed by atoms with van der Waals surface area (Å²) in [4.78, 5) is 2.58. The summed E-state index contributed by atoms with van der Waals surface area (Å²) in [6.45, 7) is 2.10. The van der Waals surface area contributed by atoms with Crippen molar-refractivity contribution in [1.29, 1.82) is 0 Å². The van der Waals surface area contributed by atoms with Crippen molar-refractivity contribution in [2.45, 2.75) is 69.0 Å². The van der Waals surface area contributed by atoms with E-state index in [2.05, 4.69) is 4.90 Å². The SMILES string of the molecule is ClCN1CCC2CC3OCOC3CC2C2CC3CCC4OCOC4C3C21. The van der Waals surface area contributed by atoms with Crippen LogP contribution in [0, 0.1) is 29.6 Å². The van der Waals surface area contributed by atoms with Gasteiger partial charge in [-0.3, -0.25) is 4.90 Å². The van der Waals surface area contributed by atoms with Crippen LogP contribution in [0.2, 0.25) is 0 Å². The number of nitrogens with zero attached hydrogens (tertiary/aromatic N) is 1. The second kappa shape index (κ2) is 6.57. The van der Waals surface area contributed by atoms with Crippen molar-refractivity contribution in [2.75, 3.05) is 26.1 Å². The van der Waals surface area contributed by atoms with Gasteiger partial charge in [-0.1, -0.05) is 0 Å². The first-order valence-electron chi connectivity index (χ1n) is 10.6. The van der Waals surface area contributed by atoms with Crippen molar-refractivity contribution < 1.29 is 18.9 Å². The molecule has 3 saturated heterocycles. The summed E-state index contributed by atoms with van der Waals surface area (Å²) in [6, 6.07) is 1.20. The van der Waals surface area contributed by atoms with E-state index in [1.165, 1.54) is 38.5 Å². The molecular weight excluding hydrogens is 354 g/mol. The highest BCUT2D eigenvalue weighted by atomic mass is 35.5. The van der Waals surface area contributed by atoms with Gasteiger partial charge in [0.05, 0.1) is 30.4 Å². The molecule has 10 unspecified atom stereocenters. The average molecular weight is 384 g/mol. The van der Waals surface area contributed by atoms with Crippen LogP contribution in [0.3, 0.4) is 0 Å². The zero-order valence-electron chi connectivity index (χ0n) is 15.3. The second-order valence-electron chi connectivity index (χ2n) is 9.40. The molecule has 10 atom stereocenters. The van der Waals surface area contributed by atoms with E-state index >= 15 is 0 Å². The molecule has 0 aromatic carbocycles. The highest BCUT2D eigenvalue weighted by molar-refractivity contribution is 6.17. The van der Waals surface area contributed by atoms with Crippen LogP contribution in [0.15, 0.2) is 0 Å². The van der Waals surface area contributed by atoms with E-state index in [1.807, 2.05) is 0 Å². The van der Waals surface area contributed by atoms with Crippen molar-refractivity contribution in [1.82, 2.24) is 4.90 Å². The maximum absolute atomic E-state index is 6.49. The monoisotopic (exact) mass is 383 g/mol. The Morgan fingerprint density at radius 3 is 2.46 bits per heavy atom. The Morgan fingerprint density at radius 2 is 1.58 bits per heavy atom. The third-order valence-corrected chi connectivity index (χ3v) is 8.91. The van der Waals surface area contributed by atoms with Gasteiger partial charge in [0, 0.05) is 12.0 Å². The number of likely N-dealkylation sites (tertiary alicyclic amines) is 1. The van der Waals surface area contributed by atoms with Gasteiger partial charge < -0.3 is 18.9 Å². The molecule has 0 radical (unpaired) electrons. The van der Waals surface area contributed by atoms with Crippen LogP contribution in [0.1, 0.15) is 38.5 Å². The van der Waals surface area contributed by atoms with Crippen LogP contribution in [0.4, 0.5) is 0 Å². The summed E-state index contributed by atoms with van der Waals surface area (Å²) in [5.74, 6) is 3.61. The Labute approximate surface area is 160 Å². The third-order valence-electron chi connectivity index (χ3n) is 8.60. The summed E-state index contributed by atoms with van der Waals surface area (Å²) < 4.78 is 23.8. The first-order chi connectivity index (χ1) is 12.8. The van der Waals surface area contributed by atoms with E-state index in [0.29, 0.717) is 49.9 Å². The van der Waals surface area contributed by atoms with Crippen LogP contribution in [-0.2, 0) is 18.9 Å². The van der Waals surface area contributed by atoms with Gasteiger partial charge in [0.2, 0.25) is 0 Å². The fourth-order valence-electron chi connectivity index (χ4n) is 7.60. The van der Waals surface area contributed by atoms with Crippen LogP contribution < -0.4 is 0 Å². The van der Waals surface area contributed by atoms with E-state index in [-0.39, 0.29) is 6.10 Å². The van der Waals surface area contributed by atoms with Crippen LogP contribution in [0.5, 0.6) is 0 Å². The lowest BCUT2D eigenvalue weighted by atomic mass is 9.68. The molecule has 5 nitrogen and oxygen atoms in total. The normalized spacial score (nSPS) is 56.2.